The second kappa shape index (κ2) is 8.39. The topological polar surface area (TPSA) is 47.9 Å². The number of ether oxygens (including phenoxy) is 2. The van der Waals surface area contributed by atoms with Crippen LogP contribution in [-0.2, 0) is 16.1 Å². The third kappa shape index (κ3) is 4.48. The molecule has 1 aliphatic heterocycles. The van der Waals surface area contributed by atoms with Gasteiger partial charge in [-0.15, -0.1) is 0 Å². The van der Waals surface area contributed by atoms with Gasteiger partial charge in [0.15, 0.2) is 5.70 Å². The number of carbonyl (C=O) groups excluding carboxylic acids is 1. The maximum atomic E-state index is 12.1. The minimum Gasteiger partial charge on any atom is -0.489 e. The second-order valence-electron chi connectivity index (χ2n) is 6.19. The number of nitrogens with zero attached hydrogens (tertiary/aromatic N) is 1. The monoisotopic (exact) mass is 481 g/mol. The molecule has 138 valence electrons. The number of rotatable bonds is 5. The number of halogens is 1. The fourth-order valence-electron chi connectivity index (χ4n) is 2.72. The van der Waals surface area contributed by atoms with Crippen molar-refractivity contribution in [2.75, 3.05) is 0 Å². The van der Waals surface area contributed by atoms with E-state index in [1.165, 1.54) is 3.57 Å². The summed E-state index contributed by atoms with van der Waals surface area (Å²) in [6.45, 7) is 0.508. The van der Waals surface area contributed by atoms with Crippen molar-refractivity contribution in [3.63, 3.8) is 0 Å². The molecule has 5 heteroatoms. The molecule has 1 heterocycles. The standard InChI is InChI=1S/C23H16INO3/c24-19-8-4-5-17(13-19)15-27-20-11-9-16(10-12-20)14-21-23(26)28-22(25-21)18-6-2-1-3-7-18/h1-14H,15H2/b21-14+. The van der Waals surface area contributed by atoms with E-state index in [-0.39, 0.29) is 5.70 Å². The van der Waals surface area contributed by atoms with Crippen molar-refractivity contribution >= 4 is 40.5 Å². The first-order valence-electron chi connectivity index (χ1n) is 8.73. The van der Waals surface area contributed by atoms with Crippen LogP contribution in [0.4, 0.5) is 0 Å². The average Bonchev–Trinajstić information content (AvgIpc) is 3.09. The predicted molar refractivity (Wildman–Crippen MR) is 117 cm³/mol. The summed E-state index contributed by atoms with van der Waals surface area (Å²) in [5, 5.41) is 0. The molecule has 0 saturated carbocycles. The van der Waals surface area contributed by atoms with Crippen molar-refractivity contribution in [3.05, 3.63) is 105 Å². The lowest BCUT2D eigenvalue weighted by molar-refractivity contribution is -0.129. The maximum absolute atomic E-state index is 12.1. The Morgan fingerprint density at radius 2 is 1.75 bits per heavy atom. The normalized spacial score (nSPS) is 14.7. The molecule has 0 amide bonds. The number of cyclic esters (lactones) is 1. The Balaban J connectivity index is 1.45. The first kappa shape index (κ1) is 18.4. The molecule has 0 fully saturated rings. The number of benzene rings is 3. The Labute approximate surface area is 176 Å². The number of esters is 1. The fourth-order valence-corrected chi connectivity index (χ4v) is 3.33. The first-order chi connectivity index (χ1) is 13.7. The van der Waals surface area contributed by atoms with Crippen LogP contribution in [0.25, 0.3) is 6.08 Å². The molecule has 1 aliphatic rings. The highest BCUT2D eigenvalue weighted by Crippen LogP contribution is 2.21. The van der Waals surface area contributed by atoms with Crippen LogP contribution < -0.4 is 4.74 Å². The molecule has 0 bridgehead atoms. The van der Waals surface area contributed by atoms with Gasteiger partial charge in [0.05, 0.1) is 0 Å². The summed E-state index contributed by atoms with van der Waals surface area (Å²) in [6.07, 6.45) is 1.71. The van der Waals surface area contributed by atoms with E-state index in [1.807, 2.05) is 72.8 Å². The smallest absolute Gasteiger partial charge is 0.363 e. The minimum absolute atomic E-state index is 0.284. The average molecular weight is 481 g/mol. The maximum Gasteiger partial charge on any atom is 0.363 e. The van der Waals surface area contributed by atoms with E-state index in [0.717, 1.165) is 22.4 Å². The summed E-state index contributed by atoms with van der Waals surface area (Å²) in [7, 11) is 0. The highest BCUT2D eigenvalue weighted by Gasteiger charge is 2.23. The second-order valence-corrected chi connectivity index (χ2v) is 7.44. The molecule has 28 heavy (non-hydrogen) atoms. The third-order valence-electron chi connectivity index (χ3n) is 4.12. The first-order valence-corrected chi connectivity index (χ1v) is 9.80. The van der Waals surface area contributed by atoms with Gasteiger partial charge in [0.1, 0.15) is 12.4 Å². The van der Waals surface area contributed by atoms with Crippen LogP contribution in [0.2, 0.25) is 0 Å². The van der Waals surface area contributed by atoms with E-state index in [4.69, 9.17) is 9.47 Å². The predicted octanol–water partition coefficient (Wildman–Crippen LogP) is 5.21. The van der Waals surface area contributed by atoms with Gasteiger partial charge >= 0.3 is 5.97 Å². The van der Waals surface area contributed by atoms with E-state index in [0.29, 0.717) is 12.5 Å². The zero-order chi connectivity index (χ0) is 19.3. The van der Waals surface area contributed by atoms with Gasteiger partial charge < -0.3 is 9.47 Å². The lowest BCUT2D eigenvalue weighted by Crippen LogP contribution is -2.04. The van der Waals surface area contributed by atoms with E-state index in [9.17, 15) is 4.79 Å². The van der Waals surface area contributed by atoms with E-state index >= 15 is 0 Å². The molecule has 0 radical (unpaired) electrons. The fraction of sp³-hybridized carbons (Fsp3) is 0.0435. The molecular formula is C23H16INO3. The SMILES string of the molecule is O=C1OC(c2ccccc2)=N/C1=C/c1ccc(OCc2cccc(I)c2)cc1. The molecule has 0 N–H and O–H groups in total. The Hall–Kier alpha value is -2.93. The van der Waals surface area contributed by atoms with Gasteiger partial charge in [-0.1, -0.05) is 42.5 Å². The van der Waals surface area contributed by atoms with Crippen LogP contribution in [-0.4, -0.2) is 11.9 Å². The zero-order valence-corrected chi connectivity index (χ0v) is 17.0. The highest BCUT2D eigenvalue weighted by atomic mass is 127. The molecular weight excluding hydrogens is 465 g/mol. The van der Waals surface area contributed by atoms with Crippen molar-refractivity contribution in [3.8, 4) is 5.75 Å². The molecule has 3 aromatic carbocycles. The summed E-state index contributed by atoms with van der Waals surface area (Å²) in [5.74, 6) is 0.649. The highest BCUT2D eigenvalue weighted by molar-refractivity contribution is 14.1. The van der Waals surface area contributed by atoms with Crippen LogP contribution in [0.3, 0.4) is 0 Å². The zero-order valence-electron chi connectivity index (χ0n) is 14.8. The lowest BCUT2D eigenvalue weighted by Gasteiger charge is -2.07. The summed E-state index contributed by atoms with van der Waals surface area (Å²) in [5.41, 5.74) is 3.03. The quantitative estimate of drug-likeness (QED) is 0.286. The van der Waals surface area contributed by atoms with Crippen molar-refractivity contribution in [2.45, 2.75) is 6.61 Å². The van der Waals surface area contributed by atoms with Crippen molar-refractivity contribution in [1.82, 2.24) is 0 Å². The van der Waals surface area contributed by atoms with E-state index in [1.54, 1.807) is 6.08 Å². The van der Waals surface area contributed by atoms with Crippen LogP contribution in [0.5, 0.6) is 5.75 Å². The van der Waals surface area contributed by atoms with Crippen LogP contribution in [0.1, 0.15) is 16.7 Å². The van der Waals surface area contributed by atoms with Crippen LogP contribution in [0.15, 0.2) is 89.6 Å². The Kier molecular flexibility index (Phi) is 5.53. The molecule has 0 aliphatic carbocycles. The third-order valence-corrected chi connectivity index (χ3v) is 4.79. The number of aliphatic imine (C=N–C) groups is 1. The number of hydrogen-bond acceptors (Lipinski definition) is 4. The van der Waals surface area contributed by atoms with Crippen molar-refractivity contribution in [2.24, 2.45) is 4.99 Å². The molecule has 0 saturated heterocycles. The van der Waals surface area contributed by atoms with Gasteiger partial charge in [0.2, 0.25) is 5.90 Å². The van der Waals surface area contributed by atoms with Gasteiger partial charge in [-0.3, -0.25) is 0 Å². The molecule has 0 unspecified atom stereocenters. The van der Waals surface area contributed by atoms with Gasteiger partial charge in [0.25, 0.3) is 0 Å². The Morgan fingerprint density at radius 3 is 2.50 bits per heavy atom. The van der Waals surface area contributed by atoms with Crippen molar-refractivity contribution < 1.29 is 14.3 Å². The number of hydrogen-bond donors (Lipinski definition) is 0. The molecule has 0 atom stereocenters. The molecule has 0 spiro atoms. The molecule has 4 rings (SSSR count). The lowest BCUT2D eigenvalue weighted by atomic mass is 10.2. The van der Waals surface area contributed by atoms with Gasteiger partial charge in [0, 0.05) is 9.13 Å². The largest absolute Gasteiger partial charge is 0.489 e. The van der Waals surface area contributed by atoms with Crippen molar-refractivity contribution in [1.29, 1.82) is 0 Å². The van der Waals surface area contributed by atoms with Crippen LogP contribution >= 0.6 is 22.6 Å². The molecule has 3 aromatic rings. The summed E-state index contributed by atoms with van der Waals surface area (Å²) in [4.78, 5) is 16.4. The number of carbonyl (C=O) groups is 1. The van der Waals surface area contributed by atoms with Gasteiger partial charge in [-0.2, -0.15) is 0 Å². The Bertz CT molecular complexity index is 1060. The van der Waals surface area contributed by atoms with Gasteiger partial charge in [-0.25, -0.2) is 9.79 Å². The summed E-state index contributed by atoms with van der Waals surface area (Å²) in [6, 6.07) is 25.1. The van der Waals surface area contributed by atoms with E-state index in [2.05, 4.69) is 33.6 Å². The molecule has 4 nitrogen and oxygen atoms in total. The summed E-state index contributed by atoms with van der Waals surface area (Å²) >= 11 is 2.28. The Morgan fingerprint density at radius 1 is 0.964 bits per heavy atom. The molecule has 0 aromatic heterocycles. The van der Waals surface area contributed by atoms with Gasteiger partial charge in [-0.05, 0) is 76.2 Å². The summed E-state index contributed by atoms with van der Waals surface area (Å²) < 4.78 is 12.3. The van der Waals surface area contributed by atoms with Crippen LogP contribution in [0, 0.1) is 3.57 Å². The van der Waals surface area contributed by atoms with E-state index < -0.39 is 5.97 Å². The minimum atomic E-state index is -0.446.